The fourth-order valence-corrected chi connectivity index (χ4v) is 11.7. The van der Waals surface area contributed by atoms with E-state index in [0.717, 1.165) is 122 Å². The number of nitriles is 2. The number of furan rings is 2. The van der Waals surface area contributed by atoms with Crippen molar-refractivity contribution in [3.63, 3.8) is 0 Å². The van der Waals surface area contributed by atoms with Crippen LogP contribution in [-0.4, -0.2) is 9.13 Å². The molecular formula is C68H40N6O2. The van der Waals surface area contributed by atoms with Crippen LogP contribution in [0, 0.1) is 22.7 Å². The zero-order valence-electron chi connectivity index (χ0n) is 40.6. The minimum absolute atomic E-state index is 0.386. The van der Waals surface area contributed by atoms with Gasteiger partial charge >= 0.3 is 0 Å². The van der Waals surface area contributed by atoms with Gasteiger partial charge in [-0.15, -0.1) is 0 Å². The van der Waals surface area contributed by atoms with Gasteiger partial charge in [0.25, 0.3) is 0 Å². The van der Waals surface area contributed by atoms with Gasteiger partial charge in [0, 0.05) is 66.4 Å². The van der Waals surface area contributed by atoms with Gasteiger partial charge in [-0.25, -0.2) is 0 Å². The van der Waals surface area contributed by atoms with Crippen molar-refractivity contribution in [3.8, 4) is 23.5 Å². The first-order valence-electron chi connectivity index (χ1n) is 25.2. The largest absolute Gasteiger partial charge is 0.455 e. The van der Waals surface area contributed by atoms with Crippen LogP contribution in [0.4, 0.5) is 34.1 Å². The minimum atomic E-state index is 0.386. The highest BCUT2D eigenvalue weighted by atomic mass is 16.3. The molecule has 4 aromatic heterocycles. The van der Waals surface area contributed by atoms with E-state index in [0.29, 0.717) is 22.5 Å². The Kier molecular flexibility index (Phi) is 9.52. The maximum absolute atomic E-state index is 11.6. The molecule has 0 N–H and O–H groups in total. The standard InChI is InChI=1S/C68H40N6O2/c69-41-43-38-60(74-58-36-34-54-52-26-14-16-28-64(52)76-68(54)66(58)56-32-30-50(40-62(56)74)72(47-21-9-3-10-22-47)48-23-11-4-12-24-48)44(42-70)37-59(43)73-57-35-33-53-51-25-13-15-27-63(51)75-67(53)65(57)55-31-29-49(39-61(55)73)71(45-17-5-1-6-18-45)46-19-7-2-8-20-46/h1-40H. The van der Waals surface area contributed by atoms with E-state index in [9.17, 15) is 10.5 Å². The van der Waals surface area contributed by atoms with Crippen molar-refractivity contribution in [1.82, 2.24) is 9.13 Å². The smallest absolute Gasteiger partial charge is 0.145 e. The lowest BCUT2D eigenvalue weighted by molar-refractivity contribution is 0.672. The van der Waals surface area contributed by atoms with E-state index in [1.807, 2.05) is 121 Å². The maximum Gasteiger partial charge on any atom is 0.145 e. The molecule has 8 nitrogen and oxygen atoms in total. The molecule has 8 heteroatoms. The summed E-state index contributed by atoms with van der Waals surface area (Å²) in [6, 6.07) is 87.9. The normalized spacial score (nSPS) is 11.7. The molecule has 0 bridgehead atoms. The number of aromatic nitrogens is 2. The zero-order valence-corrected chi connectivity index (χ0v) is 40.6. The van der Waals surface area contributed by atoms with Crippen LogP contribution in [0.2, 0.25) is 0 Å². The Morgan fingerprint density at radius 3 is 1.01 bits per heavy atom. The molecule has 76 heavy (non-hydrogen) atoms. The molecule has 15 rings (SSSR count). The van der Waals surface area contributed by atoms with E-state index in [2.05, 4.69) is 152 Å². The lowest BCUT2D eigenvalue weighted by Gasteiger charge is -2.26. The molecule has 0 unspecified atom stereocenters. The van der Waals surface area contributed by atoms with Gasteiger partial charge in [0.05, 0.1) is 55.3 Å². The molecule has 354 valence electrons. The van der Waals surface area contributed by atoms with Gasteiger partial charge in [-0.05, 0) is 133 Å². The summed E-state index contributed by atoms with van der Waals surface area (Å²) < 4.78 is 17.8. The molecule has 0 atom stereocenters. The Labute approximate surface area is 435 Å². The highest BCUT2D eigenvalue weighted by molar-refractivity contribution is 6.26. The SMILES string of the molecule is N#Cc1cc(-n2c3cc(N(c4ccccc4)c4ccccc4)ccc3c3c4oc5ccccc5c4ccc32)c(C#N)cc1-n1c2cc(N(c3ccccc3)c3ccccc3)ccc2c2c3oc4ccccc4c3ccc21. The van der Waals surface area contributed by atoms with E-state index < -0.39 is 0 Å². The van der Waals surface area contributed by atoms with Gasteiger partial charge < -0.3 is 27.8 Å². The number of para-hydroxylation sites is 6. The quantitative estimate of drug-likeness (QED) is 0.151. The zero-order chi connectivity index (χ0) is 50.4. The second-order valence-corrected chi connectivity index (χ2v) is 19.1. The van der Waals surface area contributed by atoms with Crippen molar-refractivity contribution in [2.24, 2.45) is 0 Å². The molecule has 11 aromatic carbocycles. The summed E-state index contributed by atoms with van der Waals surface area (Å²) in [5.74, 6) is 0. The summed E-state index contributed by atoms with van der Waals surface area (Å²) in [4.78, 5) is 4.47. The van der Waals surface area contributed by atoms with E-state index in [1.54, 1.807) is 0 Å². The summed E-state index contributed by atoms with van der Waals surface area (Å²) in [6.07, 6.45) is 0. The van der Waals surface area contributed by atoms with Gasteiger partial charge in [0.2, 0.25) is 0 Å². The second kappa shape index (κ2) is 16.9. The Morgan fingerprint density at radius 2 is 0.645 bits per heavy atom. The fourth-order valence-electron chi connectivity index (χ4n) is 11.7. The van der Waals surface area contributed by atoms with Gasteiger partial charge in [0.1, 0.15) is 34.5 Å². The Bertz CT molecular complexity index is 4510. The molecular weight excluding hydrogens is 933 g/mol. The van der Waals surface area contributed by atoms with Crippen LogP contribution in [0.5, 0.6) is 0 Å². The molecule has 0 radical (unpaired) electrons. The number of fused-ring (bicyclic) bond motifs is 14. The number of hydrogen-bond acceptors (Lipinski definition) is 6. The molecule has 0 fully saturated rings. The average molecular weight is 973 g/mol. The van der Waals surface area contributed by atoms with Crippen molar-refractivity contribution in [2.75, 3.05) is 9.80 Å². The third kappa shape index (κ3) is 6.42. The molecule has 0 aliphatic carbocycles. The minimum Gasteiger partial charge on any atom is -0.455 e. The molecule has 15 aromatic rings. The van der Waals surface area contributed by atoms with Crippen molar-refractivity contribution in [2.45, 2.75) is 0 Å². The first-order valence-corrected chi connectivity index (χ1v) is 25.2. The Balaban J connectivity index is 1.02. The lowest BCUT2D eigenvalue weighted by Crippen LogP contribution is -2.10. The maximum atomic E-state index is 11.6. The predicted octanol–water partition coefficient (Wildman–Crippen LogP) is 18.4. The van der Waals surface area contributed by atoms with Crippen molar-refractivity contribution >= 4 is 122 Å². The number of nitrogens with zero attached hydrogens (tertiary/aromatic N) is 6. The molecule has 0 aliphatic heterocycles. The lowest BCUT2D eigenvalue weighted by atomic mass is 10.1. The Hall–Kier alpha value is -10.8. The number of rotatable bonds is 8. The van der Waals surface area contributed by atoms with Crippen molar-refractivity contribution in [3.05, 3.63) is 254 Å². The summed E-state index contributed by atoms with van der Waals surface area (Å²) in [5, 5.41) is 30.9. The number of benzene rings is 11. The van der Waals surface area contributed by atoms with Gasteiger partial charge in [0.15, 0.2) is 0 Å². The number of hydrogen-bond donors (Lipinski definition) is 0. The van der Waals surface area contributed by atoms with Crippen LogP contribution in [0.3, 0.4) is 0 Å². The Morgan fingerprint density at radius 1 is 0.303 bits per heavy atom. The molecule has 0 spiro atoms. The third-order valence-electron chi connectivity index (χ3n) is 14.9. The third-order valence-corrected chi connectivity index (χ3v) is 14.9. The molecule has 0 saturated heterocycles. The van der Waals surface area contributed by atoms with Gasteiger partial charge in [-0.3, -0.25) is 0 Å². The van der Waals surface area contributed by atoms with E-state index in [1.165, 1.54) is 0 Å². The molecule has 4 heterocycles. The van der Waals surface area contributed by atoms with Crippen molar-refractivity contribution < 1.29 is 8.83 Å². The summed E-state index contributed by atoms with van der Waals surface area (Å²) in [7, 11) is 0. The van der Waals surface area contributed by atoms with Crippen LogP contribution < -0.4 is 9.80 Å². The first-order chi connectivity index (χ1) is 37.6. The average Bonchev–Trinajstić information content (AvgIpc) is 4.39. The van der Waals surface area contributed by atoms with Crippen molar-refractivity contribution in [1.29, 1.82) is 10.5 Å². The summed E-state index contributed by atoms with van der Waals surface area (Å²) in [5.41, 5.74) is 14.2. The van der Waals surface area contributed by atoms with E-state index in [-0.39, 0.29) is 0 Å². The van der Waals surface area contributed by atoms with E-state index >= 15 is 0 Å². The van der Waals surface area contributed by atoms with Crippen LogP contribution in [-0.2, 0) is 0 Å². The first kappa shape index (κ1) is 42.8. The number of anilines is 6. The summed E-state index contributed by atoms with van der Waals surface area (Å²) >= 11 is 0. The van der Waals surface area contributed by atoms with Crippen LogP contribution in [0.25, 0.3) is 98.9 Å². The van der Waals surface area contributed by atoms with Crippen LogP contribution in [0.15, 0.2) is 251 Å². The van der Waals surface area contributed by atoms with Crippen LogP contribution in [0.1, 0.15) is 11.1 Å². The highest BCUT2D eigenvalue weighted by Crippen LogP contribution is 2.47. The fraction of sp³-hybridized carbons (Fsp3) is 0. The van der Waals surface area contributed by atoms with Gasteiger partial charge in [-0.1, -0.05) is 109 Å². The highest BCUT2D eigenvalue weighted by Gasteiger charge is 2.27. The predicted molar refractivity (Wildman–Crippen MR) is 308 cm³/mol. The topological polar surface area (TPSA) is 90.2 Å². The monoisotopic (exact) mass is 972 g/mol. The van der Waals surface area contributed by atoms with Crippen LogP contribution >= 0.6 is 0 Å². The van der Waals surface area contributed by atoms with E-state index in [4.69, 9.17) is 8.83 Å². The van der Waals surface area contributed by atoms with Gasteiger partial charge in [-0.2, -0.15) is 10.5 Å². The second-order valence-electron chi connectivity index (χ2n) is 19.1. The molecule has 0 saturated carbocycles. The summed E-state index contributed by atoms with van der Waals surface area (Å²) in [6.45, 7) is 0. The molecule has 0 amide bonds. The molecule has 0 aliphatic rings.